The van der Waals surface area contributed by atoms with E-state index in [1.54, 1.807) is 18.5 Å². The van der Waals surface area contributed by atoms with Crippen LogP contribution in [0, 0.1) is 0 Å². The number of aromatic nitrogens is 2. The molecule has 0 fully saturated rings. The monoisotopic (exact) mass is 322 g/mol. The number of benzene rings is 1. The largest absolute Gasteiger partial charge is 0.352 e. The van der Waals surface area contributed by atoms with Crippen LogP contribution in [0.5, 0.6) is 0 Å². The highest BCUT2D eigenvalue weighted by molar-refractivity contribution is 5.95. The molecule has 0 spiro atoms. The number of carbonyl (C=O) groups is 1. The Balaban J connectivity index is 1.55. The van der Waals surface area contributed by atoms with Crippen molar-refractivity contribution >= 4 is 17.5 Å². The Hall–Kier alpha value is -2.69. The number of hydrogen-bond acceptors (Lipinski definition) is 4. The fraction of sp³-hybridized carbons (Fsp3) is 0.316. The summed E-state index contributed by atoms with van der Waals surface area (Å²) in [5.74, 6) is 0.461. The molecule has 2 aromatic rings. The number of amides is 1. The Morgan fingerprint density at radius 1 is 1.12 bits per heavy atom. The molecule has 1 aliphatic carbocycles. The topological polar surface area (TPSA) is 66.9 Å². The fourth-order valence-electron chi connectivity index (χ4n) is 2.80. The van der Waals surface area contributed by atoms with Crippen LogP contribution < -0.4 is 10.6 Å². The Bertz CT molecular complexity index is 712. The van der Waals surface area contributed by atoms with Crippen molar-refractivity contribution in [3.05, 3.63) is 59.9 Å². The molecule has 0 saturated heterocycles. The molecule has 0 radical (unpaired) electrons. The molecule has 1 aliphatic rings. The lowest BCUT2D eigenvalue weighted by Gasteiger charge is -2.13. The maximum atomic E-state index is 12.3. The van der Waals surface area contributed by atoms with Gasteiger partial charge in [-0.05, 0) is 56.4 Å². The van der Waals surface area contributed by atoms with E-state index < -0.39 is 0 Å². The van der Waals surface area contributed by atoms with Gasteiger partial charge in [0.15, 0.2) is 0 Å². The Labute approximate surface area is 142 Å². The first kappa shape index (κ1) is 16.2. The van der Waals surface area contributed by atoms with Gasteiger partial charge in [-0.25, -0.2) is 9.97 Å². The SMILES string of the molecule is O=C(NCCC1=CCCCC1)c1cccc(Nc2ncccn2)c1. The van der Waals surface area contributed by atoms with Gasteiger partial charge in [0.2, 0.25) is 5.95 Å². The van der Waals surface area contributed by atoms with Crippen molar-refractivity contribution < 1.29 is 4.79 Å². The smallest absolute Gasteiger partial charge is 0.251 e. The maximum absolute atomic E-state index is 12.3. The van der Waals surface area contributed by atoms with E-state index >= 15 is 0 Å². The average Bonchev–Trinajstić information content (AvgIpc) is 2.64. The zero-order chi connectivity index (χ0) is 16.6. The molecule has 2 N–H and O–H groups in total. The van der Waals surface area contributed by atoms with Crippen molar-refractivity contribution in [3.8, 4) is 0 Å². The molecular weight excluding hydrogens is 300 g/mol. The molecular formula is C19H22N4O. The Morgan fingerprint density at radius 2 is 2.00 bits per heavy atom. The molecule has 0 atom stereocenters. The molecule has 5 heteroatoms. The Morgan fingerprint density at radius 3 is 2.79 bits per heavy atom. The molecule has 0 saturated carbocycles. The predicted octanol–water partition coefficient (Wildman–Crippen LogP) is 3.84. The minimum Gasteiger partial charge on any atom is -0.352 e. The summed E-state index contributed by atoms with van der Waals surface area (Å²) in [4.78, 5) is 20.5. The number of nitrogens with one attached hydrogen (secondary N) is 2. The molecule has 1 aromatic heterocycles. The molecule has 0 bridgehead atoms. The second-order valence-electron chi connectivity index (χ2n) is 5.89. The van der Waals surface area contributed by atoms with Crippen molar-refractivity contribution in [2.75, 3.05) is 11.9 Å². The molecule has 5 nitrogen and oxygen atoms in total. The van der Waals surface area contributed by atoms with Gasteiger partial charge in [-0.2, -0.15) is 0 Å². The third kappa shape index (κ3) is 4.65. The average molecular weight is 322 g/mol. The van der Waals surface area contributed by atoms with Gasteiger partial charge in [-0.3, -0.25) is 4.79 Å². The molecule has 1 aromatic carbocycles. The lowest BCUT2D eigenvalue weighted by atomic mass is 9.97. The van der Waals surface area contributed by atoms with Crippen molar-refractivity contribution in [1.82, 2.24) is 15.3 Å². The second-order valence-corrected chi connectivity index (χ2v) is 5.89. The Kier molecular flexibility index (Phi) is 5.56. The second kappa shape index (κ2) is 8.24. The van der Waals surface area contributed by atoms with Gasteiger partial charge in [0.25, 0.3) is 5.91 Å². The van der Waals surface area contributed by atoms with Crippen molar-refractivity contribution in [2.45, 2.75) is 32.1 Å². The van der Waals surface area contributed by atoms with Crippen LogP contribution >= 0.6 is 0 Å². The summed E-state index contributed by atoms with van der Waals surface area (Å²) in [6, 6.07) is 9.12. The zero-order valence-corrected chi connectivity index (χ0v) is 13.7. The highest BCUT2D eigenvalue weighted by atomic mass is 16.1. The molecule has 1 heterocycles. The van der Waals surface area contributed by atoms with Gasteiger partial charge < -0.3 is 10.6 Å². The normalized spacial score (nSPS) is 13.9. The lowest BCUT2D eigenvalue weighted by Crippen LogP contribution is -2.24. The number of carbonyl (C=O) groups excluding carboxylic acids is 1. The molecule has 24 heavy (non-hydrogen) atoms. The van der Waals surface area contributed by atoms with Crippen LogP contribution in [0.1, 0.15) is 42.5 Å². The fourth-order valence-corrected chi connectivity index (χ4v) is 2.80. The zero-order valence-electron chi connectivity index (χ0n) is 13.7. The summed E-state index contributed by atoms with van der Waals surface area (Å²) < 4.78 is 0. The lowest BCUT2D eigenvalue weighted by molar-refractivity contribution is 0.0954. The molecule has 0 aliphatic heterocycles. The van der Waals surface area contributed by atoms with Crippen molar-refractivity contribution in [1.29, 1.82) is 0 Å². The standard InChI is InChI=1S/C19H22N4O/c24-18(20-13-10-15-6-2-1-3-7-15)16-8-4-9-17(14-16)23-19-21-11-5-12-22-19/h4-6,8-9,11-12,14H,1-3,7,10,13H2,(H,20,24)(H,21,22,23). The quantitative estimate of drug-likeness (QED) is 0.793. The van der Waals surface area contributed by atoms with E-state index in [0.29, 0.717) is 18.1 Å². The first-order valence-electron chi connectivity index (χ1n) is 8.41. The summed E-state index contributed by atoms with van der Waals surface area (Å²) in [6.07, 6.45) is 11.5. The summed E-state index contributed by atoms with van der Waals surface area (Å²) >= 11 is 0. The van der Waals surface area contributed by atoms with E-state index in [9.17, 15) is 4.79 Å². The van der Waals surface area contributed by atoms with Crippen LogP contribution in [0.4, 0.5) is 11.6 Å². The van der Waals surface area contributed by atoms with Crippen LogP contribution in [0.25, 0.3) is 0 Å². The maximum Gasteiger partial charge on any atom is 0.251 e. The predicted molar refractivity (Wildman–Crippen MR) is 95.3 cm³/mol. The van der Waals surface area contributed by atoms with Gasteiger partial charge in [0, 0.05) is 30.2 Å². The number of nitrogens with zero attached hydrogens (tertiary/aromatic N) is 2. The minimum absolute atomic E-state index is 0.0518. The van der Waals surface area contributed by atoms with E-state index in [1.807, 2.05) is 24.3 Å². The van der Waals surface area contributed by atoms with E-state index in [2.05, 4.69) is 26.7 Å². The highest BCUT2D eigenvalue weighted by Gasteiger charge is 2.08. The first-order chi connectivity index (χ1) is 11.8. The highest BCUT2D eigenvalue weighted by Crippen LogP contribution is 2.19. The van der Waals surface area contributed by atoms with Gasteiger partial charge >= 0.3 is 0 Å². The van der Waals surface area contributed by atoms with E-state index in [4.69, 9.17) is 0 Å². The van der Waals surface area contributed by atoms with E-state index in [1.165, 1.54) is 31.3 Å². The number of allylic oxidation sites excluding steroid dienone is 1. The van der Waals surface area contributed by atoms with Crippen LogP contribution in [0.3, 0.4) is 0 Å². The van der Waals surface area contributed by atoms with Gasteiger partial charge in [-0.1, -0.05) is 17.7 Å². The number of rotatable bonds is 6. The summed E-state index contributed by atoms with van der Waals surface area (Å²) in [6.45, 7) is 0.685. The van der Waals surface area contributed by atoms with Crippen LogP contribution in [0.15, 0.2) is 54.4 Å². The van der Waals surface area contributed by atoms with Gasteiger partial charge in [0.1, 0.15) is 0 Å². The summed E-state index contributed by atoms with van der Waals surface area (Å²) in [7, 11) is 0. The number of hydrogen-bond donors (Lipinski definition) is 2. The molecule has 0 unspecified atom stereocenters. The third-order valence-corrected chi connectivity index (χ3v) is 4.06. The van der Waals surface area contributed by atoms with Crippen molar-refractivity contribution in [2.24, 2.45) is 0 Å². The van der Waals surface area contributed by atoms with Gasteiger partial charge in [0.05, 0.1) is 0 Å². The van der Waals surface area contributed by atoms with Crippen LogP contribution in [0.2, 0.25) is 0 Å². The summed E-state index contributed by atoms with van der Waals surface area (Å²) in [5, 5.41) is 6.09. The first-order valence-corrected chi connectivity index (χ1v) is 8.41. The summed E-state index contributed by atoms with van der Waals surface area (Å²) in [5.41, 5.74) is 2.90. The van der Waals surface area contributed by atoms with Crippen molar-refractivity contribution in [3.63, 3.8) is 0 Å². The minimum atomic E-state index is -0.0518. The molecule has 124 valence electrons. The van der Waals surface area contributed by atoms with Crippen LogP contribution in [-0.4, -0.2) is 22.4 Å². The van der Waals surface area contributed by atoms with E-state index in [0.717, 1.165) is 12.1 Å². The van der Waals surface area contributed by atoms with Gasteiger partial charge in [-0.15, -0.1) is 0 Å². The molecule has 3 rings (SSSR count). The third-order valence-electron chi connectivity index (χ3n) is 4.06. The number of anilines is 2. The molecule has 1 amide bonds. The van der Waals surface area contributed by atoms with E-state index in [-0.39, 0.29) is 5.91 Å². The van der Waals surface area contributed by atoms with Crippen LogP contribution in [-0.2, 0) is 0 Å².